The van der Waals surface area contributed by atoms with Crippen LogP contribution in [-0.2, 0) is 9.53 Å². The first-order chi connectivity index (χ1) is 12.5. The standard InChI is InChI=1S/C18H23N3O4Se/c1-19-15(11-13-3-4-14(22)12-16(13)23)17(24)21(18(19)26)6-2-5-20-7-9-25-10-8-20/h3-4,11-12,22-23H,2,5-10H2,1H3/b15-11+. The zero-order valence-electron chi connectivity index (χ0n) is 14.7. The summed E-state index contributed by atoms with van der Waals surface area (Å²) in [6.07, 6.45) is 2.51. The van der Waals surface area contributed by atoms with Crippen LogP contribution in [-0.4, -0.2) is 97.5 Å². The molecule has 140 valence electrons. The summed E-state index contributed by atoms with van der Waals surface area (Å²) in [5.41, 5.74) is 0.965. The molecule has 2 heterocycles. The van der Waals surface area contributed by atoms with E-state index in [1.807, 2.05) is 7.05 Å². The zero-order chi connectivity index (χ0) is 18.7. The molecule has 0 bridgehead atoms. The molecule has 2 saturated heterocycles. The van der Waals surface area contributed by atoms with Crippen LogP contribution < -0.4 is 0 Å². The molecule has 2 fully saturated rings. The Morgan fingerprint density at radius 1 is 1.23 bits per heavy atom. The number of likely N-dealkylation sites (N-methyl/N-ethyl adjacent to an activating group) is 1. The third-order valence-electron chi connectivity index (χ3n) is 4.61. The molecule has 0 unspecified atom stereocenters. The Morgan fingerprint density at radius 2 is 1.96 bits per heavy atom. The molecule has 2 aliphatic rings. The van der Waals surface area contributed by atoms with Gasteiger partial charge in [-0.2, -0.15) is 0 Å². The van der Waals surface area contributed by atoms with Gasteiger partial charge in [0.1, 0.15) is 0 Å². The number of ether oxygens (including phenoxy) is 1. The van der Waals surface area contributed by atoms with Crippen LogP contribution in [0.5, 0.6) is 11.5 Å². The van der Waals surface area contributed by atoms with Crippen LogP contribution in [0.2, 0.25) is 0 Å². The van der Waals surface area contributed by atoms with Crippen LogP contribution in [0.4, 0.5) is 0 Å². The molecule has 26 heavy (non-hydrogen) atoms. The second-order valence-electron chi connectivity index (χ2n) is 6.38. The Bertz CT molecular complexity index is 731. The maximum atomic E-state index is 12.8. The molecule has 1 amide bonds. The summed E-state index contributed by atoms with van der Waals surface area (Å²) in [6, 6.07) is 4.32. The summed E-state index contributed by atoms with van der Waals surface area (Å²) in [5, 5.41) is 19.4. The van der Waals surface area contributed by atoms with Gasteiger partial charge >= 0.3 is 160 Å². The maximum absolute atomic E-state index is 12.8. The Hall–Kier alpha value is -1.86. The summed E-state index contributed by atoms with van der Waals surface area (Å²) >= 11 is 2.97. The monoisotopic (exact) mass is 425 g/mol. The summed E-state index contributed by atoms with van der Waals surface area (Å²) in [7, 11) is 1.81. The average Bonchev–Trinajstić information content (AvgIpc) is 2.82. The van der Waals surface area contributed by atoms with Crippen molar-refractivity contribution in [2.75, 3.05) is 46.4 Å². The van der Waals surface area contributed by atoms with Gasteiger partial charge in [-0.05, 0) is 0 Å². The number of phenolic OH excluding ortho intramolecular Hbond substituents is 2. The first-order valence-electron chi connectivity index (χ1n) is 8.60. The van der Waals surface area contributed by atoms with Gasteiger partial charge in [0.25, 0.3) is 0 Å². The summed E-state index contributed by atoms with van der Waals surface area (Å²) in [5.74, 6) is -0.182. The fourth-order valence-corrected chi connectivity index (χ4v) is 3.66. The number of phenols is 2. The van der Waals surface area contributed by atoms with E-state index in [-0.39, 0.29) is 17.4 Å². The Labute approximate surface area is 160 Å². The third kappa shape index (κ3) is 4.10. The van der Waals surface area contributed by atoms with E-state index in [4.69, 9.17) is 4.74 Å². The number of amides is 1. The molecule has 0 spiro atoms. The van der Waals surface area contributed by atoms with Crippen molar-refractivity contribution in [2.45, 2.75) is 6.42 Å². The third-order valence-corrected chi connectivity index (χ3v) is 5.65. The normalized spacial score (nSPS) is 20.4. The number of aromatic hydroxyl groups is 2. The molecule has 0 aliphatic carbocycles. The predicted molar refractivity (Wildman–Crippen MR) is 99.9 cm³/mol. The Kier molecular flexibility index (Phi) is 5.98. The number of rotatable bonds is 5. The molecule has 3 rings (SSSR count). The molecule has 1 aromatic rings. The first-order valence-corrected chi connectivity index (χ1v) is 9.46. The van der Waals surface area contributed by atoms with E-state index >= 15 is 0 Å². The van der Waals surface area contributed by atoms with Crippen molar-refractivity contribution in [1.82, 2.24) is 14.7 Å². The van der Waals surface area contributed by atoms with Gasteiger partial charge < -0.3 is 0 Å². The van der Waals surface area contributed by atoms with E-state index in [2.05, 4.69) is 20.5 Å². The molecule has 2 aliphatic heterocycles. The van der Waals surface area contributed by atoms with Gasteiger partial charge in [0.15, 0.2) is 0 Å². The molecular formula is C18H23N3O4Se. The van der Waals surface area contributed by atoms with Crippen LogP contribution >= 0.6 is 0 Å². The molecule has 0 radical (unpaired) electrons. The zero-order valence-corrected chi connectivity index (χ0v) is 16.4. The summed E-state index contributed by atoms with van der Waals surface area (Å²) in [6.45, 7) is 4.98. The molecule has 0 aromatic heterocycles. The fraction of sp³-hybridized carbons (Fsp3) is 0.444. The quantitative estimate of drug-likeness (QED) is 0.519. The van der Waals surface area contributed by atoms with Crippen molar-refractivity contribution in [3.63, 3.8) is 0 Å². The van der Waals surface area contributed by atoms with E-state index in [1.54, 1.807) is 21.9 Å². The number of benzene rings is 1. The second kappa shape index (κ2) is 8.22. The number of nitrogens with zero attached hydrogens (tertiary/aromatic N) is 3. The summed E-state index contributed by atoms with van der Waals surface area (Å²) in [4.78, 5) is 18.7. The van der Waals surface area contributed by atoms with E-state index in [1.165, 1.54) is 12.1 Å². The second-order valence-corrected chi connectivity index (χ2v) is 7.14. The molecule has 0 saturated carbocycles. The van der Waals surface area contributed by atoms with E-state index < -0.39 is 0 Å². The molecule has 7 nitrogen and oxygen atoms in total. The first kappa shape index (κ1) is 18.9. The van der Waals surface area contributed by atoms with E-state index in [0.717, 1.165) is 43.9 Å². The molecule has 8 heteroatoms. The van der Waals surface area contributed by atoms with Crippen LogP contribution in [0.3, 0.4) is 0 Å². The number of carbonyl (C=O) groups excluding carboxylic acids is 1. The molecular weight excluding hydrogens is 401 g/mol. The van der Waals surface area contributed by atoms with Crippen molar-refractivity contribution < 1.29 is 19.7 Å². The number of morpholine rings is 1. The van der Waals surface area contributed by atoms with Crippen molar-refractivity contribution in [3.05, 3.63) is 29.5 Å². The summed E-state index contributed by atoms with van der Waals surface area (Å²) < 4.78 is 6.10. The average molecular weight is 424 g/mol. The molecule has 1 aromatic carbocycles. The predicted octanol–water partition coefficient (Wildman–Crippen LogP) is 0.191. The van der Waals surface area contributed by atoms with Crippen molar-refractivity contribution in [1.29, 1.82) is 0 Å². The van der Waals surface area contributed by atoms with Crippen molar-refractivity contribution >= 4 is 32.2 Å². The SMILES string of the molecule is CN1C(=[Se])N(CCCN2CCOCC2)C(=O)/C1=C\c1ccc(O)cc1O. The van der Waals surface area contributed by atoms with Gasteiger partial charge in [-0.15, -0.1) is 0 Å². The van der Waals surface area contributed by atoms with Crippen LogP contribution in [0, 0.1) is 0 Å². The Balaban J connectivity index is 1.66. The fourth-order valence-electron chi connectivity index (χ4n) is 3.09. The number of hydrogen-bond acceptors (Lipinski definition) is 6. The van der Waals surface area contributed by atoms with Crippen LogP contribution in [0.25, 0.3) is 6.08 Å². The van der Waals surface area contributed by atoms with Gasteiger partial charge in [-0.1, -0.05) is 0 Å². The minimum absolute atomic E-state index is 0.0171. The van der Waals surface area contributed by atoms with Crippen LogP contribution in [0.15, 0.2) is 23.9 Å². The minimum atomic E-state index is -0.101. The van der Waals surface area contributed by atoms with E-state index in [9.17, 15) is 15.0 Å². The molecule has 0 atom stereocenters. The van der Waals surface area contributed by atoms with Gasteiger partial charge in [-0.3, -0.25) is 0 Å². The topological polar surface area (TPSA) is 76.5 Å². The number of carbonyl (C=O) groups is 1. The Morgan fingerprint density at radius 3 is 2.65 bits per heavy atom. The van der Waals surface area contributed by atoms with Gasteiger partial charge in [0.2, 0.25) is 0 Å². The van der Waals surface area contributed by atoms with Crippen molar-refractivity contribution in [2.24, 2.45) is 0 Å². The van der Waals surface area contributed by atoms with E-state index in [0.29, 0.717) is 17.8 Å². The van der Waals surface area contributed by atoms with Gasteiger partial charge in [0, 0.05) is 0 Å². The molecule has 2 N–H and O–H groups in total. The van der Waals surface area contributed by atoms with Gasteiger partial charge in [0.05, 0.1) is 0 Å². The van der Waals surface area contributed by atoms with Gasteiger partial charge in [-0.25, -0.2) is 0 Å². The van der Waals surface area contributed by atoms with Crippen LogP contribution in [0.1, 0.15) is 12.0 Å². The number of hydrogen-bond donors (Lipinski definition) is 2. The van der Waals surface area contributed by atoms with Crippen molar-refractivity contribution in [3.8, 4) is 11.5 Å².